The van der Waals surface area contributed by atoms with Crippen LogP contribution in [-0.4, -0.2) is 78.8 Å². The van der Waals surface area contributed by atoms with Crippen LogP contribution >= 0.6 is 12.4 Å². The van der Waals surface area contributed by atoms with Crippen LogP contribution in [0.3, 0.4) is 0 Å². The Morgan fingerprint density at radius 2 is 1.08 bits per heavy atom. The average Bonchev–Trinajstić information content (AvgIpc) is 3.25. The van der Waals surface area contributed by atoms with Crippen LogP contribution < -0.4 is 0 Å². The molecule has 0 fully saturated rings. The Kier molecular flexibility index (Phi) is 13.1. The smallest absolute Gasteiger partial charge is 0.338 e. The zero-order chi connectivity index (χ0) is 26.8. The molecule has 0 bridgehead atoms. The van der Waals surface area contributed by atoms with Crippen LogP contribution in [0.5, 0.6) is 0 Å². The molecule has 8 heteroatoms. The molecule has 3 aromatic rings. The predicted octanol–water partition coefficient (Wildman–Crippen LogP) is 6.01. The van der Waals surface area contributed by atoms with Crippen LogP contribution in [0, 0.1) is 0 Å². The topological polar surface area (TPSA) is 64.0 Å². The Hall–Kier alpha value is -2.61. The summed E-state index contributed by atoms with van der Waals surface area (Å²) in [7, 11) is 0. The summed E-state index contributed by atoms with van der Waals surface area (Å²) in [5, 5.41) is 1.87. The largest absolute Gasteiger partial charge is 0.462 e. The summed E-state index contributed by atoms with van der Waals surface area (Å²) in [6, 6.07) is 11.4. The number of halogens is 1. The summed E-state index contributed by atoms with van der Waals surface area (Å²) < 4.78 is 13.3. The van der Waals surface area contributed by atoms with Crippen molar-refractivity contribution in [3.63, 3.8) is 0 Å². The molecule has 0 atom stereocenters. The van der Waals surface area contributed by atoms with Gasteiger partial charge in [-0.1, -0.05) is 27.7 Å². The number of hydrogen-bond donors (Lipinski definition) is 0. The van der Waals surface area contributed by atoms with Crippen molar-refractivity contribution in [3.05, 3.63) is 47.5 Å². The first-order valence-electron chi connectivity index (χ1n) is 13.8. The van der Waals surface area contributed by atoms with Crippen LogP contribution in [0.2, 0.25) is 0 Å². The van der Waals surface area contributed by atoms with Crippen molar-refractivity contribution in [1.29, 1.82) is 0 Å². The molecule has 0 aliphatic heterocycles. The van der Waals surface area contributed by atoms with E-state index in [0.717, 1.165) is 80.5 Å². The van der Waals surface area contributed by atoms with Gasteiger partial charge in [0.15, 0.2) is 0 Å². The third kappa shape index (κ3) is 7.71. The summed E-state index contributed by atoms with van der Waals surface area (Å²) in [6.45, 7) is 18.0. The van der Waals surface area contributed by atoms with Crippen molar-refractivity contribution >= 4 is 46.2 Å². The monoisotopic (exact) mass is 545 g/mol. The number of aromatic nitrogens is 1. The third-order valence-electron chi connectivity index (χ3n) is 7.15. The predicted molar refractivity (Wildman–Crippen MR) is 158 cm³/mol. The van der Waals surface area contributed by atoms with E-state index in [1.165, 1.54) is 0 Å². The van der Waals surface area contributed by atoms with E-state index in [4.69, 9.17) is 9.47 Å². The number of benzene rings is 2. The minimum absolute atomic E-state index is 0. The van der Waals surface area contributed by atoms with E-state index in [1.807, 2.05) is 36.4 Å². The van der Waals surface area contributed by atoms with Gasteiger partial charge in [0, 0.05) is 41.4 Å². The van der Waals surface area contributed by atoms with Crippen molar-refractivity contribution in [2.45, 2.75) is 54.0 Å². The molecule has 3 rings (SSSR count). The van der Waals surface area contributed by atoms with E-state index < -0.39 is 0 Å². The molecule has 7 nitrogen and oxygen atoms in total. The number of hydrogen-bond acceptors (Lipinski definition) is 6. The fourth-order valence-electron chi connectivity index (χ4n) is 4.85. The Morgan fingerprint density at radius 3 is 1.42 bits per heavy atom. The molecule has 2 aromatic carbocycles. The molecular formula is C30H44ClN3O4. The van der Waals surface area contributed by atoms with Gasteiger partial charge in [-0.05, 0) is 82.3 Å². The van der Waals surface area contributed by atoms with Crippen LogP contribution in [0.4, 0.5) is 0 Å². The van der Waals surface area contributed by atoms with Crippen molar-refractivity contribution < 1.29 is 19.1 Å². The highest BCUT2D eigenvalue weighted by atomic mass is 35.5. The van der Waals surface area contributed by atoms with E-state index in [1.54, 1.807) is 0 Å². The average molecular weight is 546 g/mol. The van der Waals surface area contributed by atoms with Gasteiger partial charge in [-0.15, -0.1) is 12.4 Å². The molecular weight excluding hydrogens is 502 g/mol. The van der Waals surface area contributed by atoms with Crippen LogP contribution in [0.1, 0.15) is 68.2 Å². The number of rotatable bonds is 15. The summed E-state index contributed by atoms with van der Waals surface area (Å²) in [4.78, 5) is 30.2. The normalized spacial score (nSPS) is 11.3. The lowest BCUT2D eigenvalue weighted by Gasteiger charge is -2.17. The molecule has 0 aliphatic rings. The highest BCUT2D eigenvalue weighted by Gasteiger charge is 2.16. The fourth-order valence-corrected chi connectivity index (χ4v) is 4.85. The SMILES string of the molecule is CCN(CC)CCCOC(=O)c1ccc2c(c1)c1cc(C(=O)OCCCN(CC)CC)ccc1n2CC.Cl. The Labute approximate surface area is 233 Å². The second-order valence-electron chi connectivity index (χ2n) is 9.24. The van der Waals surface area contributed by atoms with Gasteiger partial charge in [0.1, 0.15) is 0 Å². The van der Waals surface area contributed by atoms with Crippen LogP contribution in [-0.2, 0) is 16.0 Å². The zero-order valence-electron chi connectivity index (χ0n) is 23.6. The Morgan fingerprint density at radius 1 is 0.684 bits per heavy atom. The molecule has 0 N–H and O–H groups in total. The zero-order valence-corrected chi connectivity index (χ0v) is 24.4. The minimum Gasteiger partial charge on any atom is -0.462 e. The first-order chi connectivity index (χ1) is 18.0. The van der Waals surface area contributed by atoms with E-state index >= 15 is 0 Å². The number of nitrogens with zero attached hydrogens (tertiary/aromatic N) is 3. The van der Waals surface area contributed by atoms with Gasteiger partial charge < -0.3 is 23.8 Å². The summed E-state index contributed by atoms with van der Waals surface area (Å²) >= 11 is 0. The molecule has 0 unspecified atom stereocenters. The summed E-state index contributed by atoms with van der Waals surface area (Å²) in [6.07, 6.45) is 1.62. The summed E-state index contributed by atoms with van der Waals surface area (Å²) in [5.41, 5.74) is 3.10. The molecule has 210 valence electrons. The van der Waals surface area contributed by atoms with Gasteiger partial charge in [-0.2, -0.15) is 0 Å². The van der Waals surface area contributed by atoms with Gasteiger partial charge in [-0.3, -0.25) is 0 Å². The number of carbonyl (C=O) groups is 2. The maximum absolute atomic E-state index is 12.8. The van der Waals surface area contributed by atoms with Gasteiger partial charge in [0.05, 0.1) is 24.3 Å². The first-order valence-corrected chi connectivity index (χ1v) is 13.8. The second kappa shape index (κ2) is 15.7. The van der Waals surface area contributed by atoms with E-state index in [2.05, 4.69) is 49.0 Å². The fraction of sp³-hybridized carbons (Fsp3) is 0.533. The van der Waals surface area contributed by atoms with E-state index in [9.17, 15) is 9.59 Å². The Bertz CT molecular complexity index is 1100. The molecule has 1 heterocycles. The number of esters is 2. The number of carbonyl (C=O) groups excluding carboxylic acids is 2. The minimum atomic E-state index is -0.317. The molecule has 1 aromatic heterocycles. The number of aryl methyl sites for hydroxylation is 1. The van der Waals surface area contributed by atoms with E-state index in [0.29, 0.717) is 24.3 Å². The maximum atomic E-state index is 12.8. The lowest BCUT2D eigenvalue weighted by atomic mass is 10.1. The molecule has 0 amide bonds. The van der Waals surface area contributed by atoms with Crippen molar-refractivity contribution in [1.82, 2.24) is 14.4 Å². The highest BCUT2D eigenvalue weighted by Crippen LogP contribution is 2.31. The molecule has 0 saturated carbocycles. The van der Waals surface area contributed by atoms with Crippen LogP contribution in [0.25, 0.3) is 21.8 Å². The molecule has 0 aliphatic carbocycles. The van der Waals surface area contributed by atoms with E-state index in [-0.39, 0.29) is 24.3 Å². The lowest BCUT2D eigenvalue weighted by molar-refractivity contribution is 0.0480. The standard InChI is InChI=1S/C30H43N3O4.ClH/c1-6-31(7-2)17-11-19-36-29(34)23-13-15-27-25(21-23)26-22-24(14-16-28(26)33(27)10-5)30(35)37-20-12-18-32(8-3)9-4;/h13-16,21-22H,6-12,17-20H2,1-5H3;1H. The number of fused-ring (bicyclic) bond motifs is 3. The highest BCUT2D eigenvalue weighted by molar-refractivity contribution is 6.12. The second-order valence-corrected chi connectivity index (χ2v) is 9.24. The Balaban J connectivity index is 0.00000507. The molecule has 38 heavy (non-hydrogen) atoms. The first kappa shape index (κ1) is 31.6. The van der Waals surface area contributed by atoms with Crippen molar-refractivity contribution in [2.75, 3.05) is 52.5 Å². The van der Waals surface area contributed by atoms with Crippen LogP contribution in [0.15, 0.2) is 36.4 Å². The lowest BCUT2D eigenvalue weighted by Crippen LogP contribution is -2.25. The molecule has 0 radical (unpaired) electrons. The molecule has 0 saturated heterocycles. The third-order valence-corrected chi connectivity index (χ3v) is 7.15. The van der Waals surface area contributed by atoms with Gasteiger partial charge in [-0.25, -0.2) is 9.59 Å². The molecule has 0 spiro atoms. The van der Waals surface area contributed by atoms with Crippen molar-refractivity contribution in [2.24, 2.45) is 0 Å². The van der Waals surface area contributed by atoms with Gasteiger partial charge in [0.25, 0.3) is 0 Å². The maximum Gasteiger partial charge on any atom is 0.338 e. The van der Waals surface area contributed by atoms with Gasteiger partial charge >= 0.3 is 11.9 Å². The quantitative estimate of drug-likeness (QED) is 0.172. The summed E-state index contributed by atoms with van der Waals surface area (Å²) in [5.74, 6) is -0.634. The number of ether oxygens (including phenoxy) is 2. The van der Waals surface area contributed by atoms with Gasteiger partial charge in [0.2, 0.25) is 0 Å². The van der Waals surface area contributed by atoms with Crippen molar-refractivity contribution in [3.8, 4) is 0 Å².